The molecule has 0 bridgehead atoms. The lowest BCUT2D eigenvalue weighted by molar-refractivity contribution is 0.383. The Morgan fingerprint density at radius 2 is 2.21 bits per heavy atom. The van der Waals surface area contributed by atoms with Crippen molar-refractivity contribution in [3.05, 3.63) is 22.7 Å². The highest BCUT2D eigenvalue weighted by atomic mass is 79.9. The summed E-state index contributed by atoms with van der Waals surface area (Å²) >= 11 is 3.54. The zero-order chi connectivity index (χ0) is 13.1. The minimum atomic E-state index is 0.725. The first-order valence-corrected chi connectivity index (χ1v) is 8.14. The van der Waals surface area contributed by atoms with Gasteiger partial charge in [0.05, 0.1) is 11.4 Å². The largest absolute Gasteiger partial charge is 0.382 e. The monoisotopic (exact) mass is 323 g/mol. The third-order valence-corrected chi connectivity index (χ3v) is 4.65. The fraction of sp³-hybridized carbons (Fsp3) is 0.600. The van der Waals surface area contributed by atoms with E-state index in [2.05, 4.69) is 49.7 Å². The second kappa shape index (κ2) is 6.14. The highest BCUT2D eigenvalue weighted by molar-refractivity contribution is 9.10. The normalized spacial score (nSPS) is 22.8. The fourth-order valence-corrected chi connectivity index (χ4v) is 3.45. The van der Waals surface area contributed by atoms with Crippen LogP contribution in [0.3, 0.4) is 0 Å². The summed E-state index contributed by atoms with van der Waals surface area (Å²) in [6.45, 7) is 4.52. The predicted molar refractivity (Wildman–Crippen MR) is 85.1 cm³/mol. The number of piperidine rings is 1. The molecule has 4 heteroatoms. The number of anilines is 2. The van der Waals surface area contributed by atoms with Crippen molar-refractivity contribution in [3.63, 3.8) is 0 Å². The lowest BCUT2D eigenvalue weighted by atomic mass is 10.0. The Morgan fingerprint density at radius 3 is 3.05 bits per heavy atom. The van der Waals surface area contributed by atoms with Crippen molar-refractivity contribution in [1.29, 1.82) is 0 Å². The first kappa shape index (κ1) is 13.3. The van der Waals surface area contributed by atoms with E-state index in [1.807, 2.05) is 0 Å². The van der Waals surface area contributed by atoms with E-state index in [0.29, 0.717) is 0 Å². The van der Waals surface area contributed by atoms with Crippen LogP contribution in [0.5, 0.6) is 0 Å². The molecule has 0 spiro atoms. The average Bonchev–Trinajstić information content (AvgIpc) is 2.45. The number of rotatable bonds is 3. The Hall–Kier alpha value is -0.740. The number of halogens is 1. The van der Waals surface area contributed by atoms with Crippen molar-refractivity contribution in [1.82, 2.24) is 5.32 Å². The van der Waals surface area contributed by atoms with Crippen molar-refractivity contribution in [2.24, 2.45) is 0 Å². The van der Waals surface area contributed by atoms with Crippen molar-refractivity contribution < 1.29 is 0 Å². The van der Waals surface area contributed by atoms with E-state index >= 15 is 0 Å². The molecule has 0 amide bonds. The van der Waals surface area contributed by atoms with Gasteiger partial charge in [-0.15, -0.1) is 0 Å². The maximum atomic E-state index is 3.64. The van der Waals surface area contributed by atoms with Crippen molar-refractivity contribution >= 4 is 27.3 Å². The molecule has 3 rings (SSSR count). The molecule has 1 atom stereocenters. The van der Waals surface area contributed by atoms with Crippen molar-refractivity contribution in [2.75, 3.05) is 36.4 Å². The molecule has 0 saturated carbocycles. The van der Waals surface area contributed by atoms with Crippen molar-refractivity contribution in [2.45, 2.75) is 31.7 Å². The van der Waals surface area contributed by atoms with Gasteiger partial charge >= 0.3 is 0 Å². The van der Waals surface area contributed by atoms with E-state index in [9.17, 15) is 0 Å². The smallest absolute Gasteiger partial charge is 0.0603 e. The number of fused-ring (bicyclic) bond motifs is 1. The quantitative estimate of drug-likeness (QED) is 0.894. The Labute approximate surface area is 123 Å². The minimum absolute atomic E-state index is 0.725. The predicted octanol–water partition coefficient (Wildman–Crippen LogP) is 3.21. The molecule has 1 fully saturated rings. The fourth-order valence-electron chi connectivity index (χ4n) is 3.09. The van der Waals surface area contributed by atoms with Gasteiger partial charge in [0.1, 0.15) is 0 Å². The van der Waals surface area contributed by atoms with Gasteiger partial charge in [0.25, 0.3) is 0 Å². The summed E-state index contributed by atoms with van der Waals surface area (Å²) in [6, 6.07) is 7.26. The lowest BCUT2D eigenvalue weighted by Crippen LogP contribution is -2.40. The van der Waals surface area contributed by atoms with Crippen LogP contribution in [0.15, 0.2) is 22.7 Å². The van der Waals surface area contributed by atoms with Gasteiger partial charge < -0.3 is 15.5 Å². The van der Waals surface area contributed by atoms with E-state index in [0.717, 1.165) is 30.1 Å². The van der Waals surface area contributed by atoms with Crippen LogP contribution in [0.1, 0.15) is 25.7 Å². The van der Waals surface area contributed by atoms with E-state index in [1.165, 1.54) is 43.6 Å². The molecule has 2 N–H and O–H groups in total. The molecule has 2 heterocycles. The van der Waals surface area contributed by atoms with Crippen LogP contribution in [0.4, 0.5) is 11.4 Å². The van der Waals surface area contributed by atoms with E-state index < -0.39 is 0 Å². The highest BCUT2D eigenvalue weighted by Gasteiger charge is 2.19. The Morgan fingerprint density at radius 1 is 1.26 bits per heavy atom. The van der Waals surface area contributed by atoms with Crippen LogP contribution in [0.2, 0.25) is 0 Å². The zero-order valence-corrected chi connectivity index (χ0v) is 12.9. The molecule has 0 radical (unpaired) electrons. The Balaban J connectivity index is 1.63. The van der Waals surface area contributed by atoms with Crippen molar-refractivity contribution in [3.8, 4) is 0 Å². The third-order valence-electron chi connectivity index (χ3n) is 4.16. The summed E-state index contributed by atoms with van der Waals surface area (Å²) < 4.78 is 1.15. The third kappa shape index (κ3) is 3.23. The number of hydrogen-bond acceptors (Lipinski definition) is 3. The molecule has 1 saturated heterocycles. The second-order valence-electron chi connectivity index (χ2n) is 5.51. The first-order chi connectivity index (χ1) is 9.33. The van der Waals surface area contributed by atoms with Gasteiger partial charge in [-0.2, -0.15) is 0 Å². The summed E-state index contributed by atoms with van der Waals surface area (Å²) in [7, 11) is 0. The molecule has 19 heavy (non-hydrogen) atoms. The number of benzene rings is 1. The molecule has 2 aliphatic rings. The summed E-state index contributed by atoms with van der Waals surface area (Å²) in [5.74, 6) is 0. The zero-order valence-electron chi connectivity index (χ0n) is 11.3. The molecule has 1 aromatic rings. The number of hydrogen-bond donors (Lipinski definition) is 2. The van der Waals surface area contributed by atoms with Crippen LogP contribution in [-0.4, -0.2) is 32.2 Å². The highest BCUT2D eigenvalue weighted by Crippen LogP contribution is 2.31. The molecular weight excluding hydrogens is 302 g/mol. The topological polar surface area (TPSA) is 27.3 Å². The Bertz CT molecular complexity index is 429. The van der Waals surface area contributed by atoms with Gasteiger partial charge in [-0.3, -0.25) is 0 Å². The second-order valence-corrected chi connectivity index (χ2v) is 6.43. The summed E-state index contributed by atoms with van der Waals surface area (Å²) in [4.78, 5) is 2.52. The van der Waals surface area contributed by atoms with Gasteiger partial charge in [-0.1, -0.05) is 22.4 Å². The lowest BCUT2D eigenvalue weighted by Gasteiger charge is -2.34. The average molecular weight is 324 g/mol. The van der Waals surface area contributed by atoms with Gasteiger partial charge in [0, 0.05) is 30.1 Å². The molecule has 3 nitrogen and oxygen atoms in total. The van der Waals surface area contributed by atoms with Crippen LogP contribution in [0, 0.1) is 0 Å². The Kier molecular flexibility index (Phi) is 4.28. The summed E-state index contributed by atoms with van der Waals surface area (Å²) in [5, 5.41) is 7.13. The van der Waals surface area contributed by atoms with E-state index in [1.54, 1.807) is 0 Å². The van der Waals surface area contributed by atoms with Crippen LogP contribution in [-0.2, 0) is 0 Å². The molecule has 0 aromatic heterocycles. The standard InChI is InChI=1S/C15H22BrN3/c16-12-4-5-15-14(11-12)18-8-10-19(15)9-6-13-3-1-2-7-17-13/h4-5,11,13,17-18H,1-3,6-10H2. The summed E-state index contributed by atoms with van der Waals surface area (Å²) in [6.07, 6.45) is 5.35. The first-order valence-electron chi connectivity index (χ1n) is 7.35. The molecule has 2 aliphatic heterocycles. The number of nitrogens with zero attached hydrogens (tertiary/aromatic N) is 1. The molecule has 1 aromatic carbocycles. The maximum Gasteiger partial charge on any atom is 0.0603 e. The van der Waals surface area contributed by atoms with Crippen LogP contribution >= 0.6 is 15.9 Å². The number of nitrogens with one attached hydrogen (secondary N) is 2. The van der Waals surface area contributed by atoms with Gasteiger partial charge in [0.2, 0.25) is 0 Å². The molecule has 0 aliphatic carbocycles. The van der Waals surface area contributed by atoms with E-state index in [4.69, 9.17) is 0 Å². The minimum Gasteiger partial charge on any atom is -0.382 e. The van der Waals surface area contributed by atoms with Crippen LogP contribution in [0.25, 0.3) is 0 Å². The van der Waals surface area contributed by atoms with Gasteiger partial charge in [-0.05, 0) is 44.0 Å². The SMILES string of the molecule is Brc1ccc2c(c1)NCCN2CCC1CCCCN1. The van der Waals surface area contributed by atoms with Gasteiger partial charge in [0.15, 0.2) is 0 Å². The van der Waals surface area contributed by atoms with E-state index in [-0.39, 0.29) is 0 Å². The maximum absolute atomic E-state index is 3.64. The van der Waals surface area contributed by atoms with Crippen LogP contribution < -0.4 is 15.5 Å². The summed E-state index contributed by atoms with van der Waals surface area (Å²) in [5.41, 5.74) is 2.61. The molecule has 104 valence electrons. The molecular formula is C15H22BrN3. The molecule has 1 unspecified atom stereocenters. The van der Waals surface area contributed by atoms with Gasteiger partial charge in [-0.25, -0.2) is 0 Å².